The van der Waals surface area contributed by atoms with E-state index in [1.807, 2.05) is 21.0 Å². The van der Waals surface area contributed by atoms with Crippen molar-refractivity contribution in [1.29, 1.82) is 0 Å². The second kappa shape index (κ2) is 8.98. The molecule has 0 saturated heterocycles. The Morgan fingerprint density at radius 1 is 1.18 bits per heavy atom. The molecule has 0 aliphatic rings. The van der Waals surface area contributed by atoms with E-state index < -0.39 is 0 Å². The van der Waals surface area contributed by atoms with Gasteiger partial charge in [0, 0.05) is 20.0 Å². The van der Waals surface area contributed by atoms with Crippen LogP contribution in [0.5, 0.6) is 0 Å². The van der Waals surface area contributed by atoms with E-state index in [-0.39, 0.29) is 18.4 Å². The van der Waals surface area contributed by atoms with E-state index in [0.29, 0.717) is 13.1 Å². The lowest BCUT2D eigenvalue weighted by atomic mass is 10.3. The van der Waals surface area contributed by atoms with Crippen LogP contribution in [0, 0.1) is 0 Å². The molecule has 0 radical (unpaired) electrons. The summed E-state index contributed by atoms with van der Waals surface area (Å²) in [7, 11) is 3.98. The summed E-state index contributed by atoms with van der Waals surface area (Å²) in [4.78, 5) is 26.5. The van der Waals surface area contributed by atoms with Gasteiger partial charge in [-0.1, -0.05) is 6.92 Å². The van der Waals surface area contributed by atoms with Gasteiger partial charge >= 0.3 is 0 Å². The topological polar surface area (TPSA) is 52.7 Å². The van der Waals surface area contributed by atoms with E-state index >= 15 is 0 Å². The summed E-state index contributed by atoms with van der Waals surface area (Å²) in [5, 5.41) is 2.77. The number of hydrogen-bond acceptors (Lipinski definition) is 3. The highest BCUT2D eigenvalue weighted by molar-refractivity contribution is 5.83. The molecule has 17 heavy (non-hydrogen) atoms. The molecule has 0 aromatic rings. The van der Waals surface area contributed by atoms with Crippen LogP contribution in [0.1, 0.15) is 26.7 Å². The third-order valence-electron chi connectivity index (χ3n) is 2.39. The average molecular weight is 243 g/mol. The molecule has 0 saturated carbocycles. The van der Waals surface area contributed by atoms with E-state index in [2.05, 4.69) is 10.2 Å². The summed E-state index contributed by atoms with van der Waals surface area (Å²) in [6.07, 6.45) is 1.79. The Hall–Kier alpha value is -1.10. The maximum absolute atomic E-state index is 11.5. The molecule has 0 spiro atoms. The number of nitrogens with zero attached hydrogens (tertiary/aromatic N) is 2. The highest BCUT2D eigenvalue weighted by Gasteiger charge is 2.12. The molecular weight excluding hydrogens is 218 g/mol. The van der Waals surface area contributed by atoms with Crippen LogP contribution >= 0.6 is 0 Å². The minimum atomic E-state index is -0.0769. The van der Waals surface area contributed by atoms with E-state index in [0.717, 1.165) is 19.4 Å². The van der Waals surface area contributed by atoms with Crippen molar-refractivity contribution in [1.82, 2.24) is 15.1 Å². The number of rotatable bonds is 8. The Kier molecular flexibility index (Phi) is 8.40. The van der Waals surface area contributed by atoms with Crippen molar-refractivity contribution in [3.05, 3.63) is 0 Å². The standard InChI is InChI=1S/C12H25N3O2/c1-5-7-13-12(17)10-15(11(2)16)9-6-8-14(3)4/h5-10H2,1-4H3,(H,13,17). The first-order valence-corrected chi connectivity index (χ1v) is 6.14. The molecular formula is C12H25N3O2. The van der Waals surface area contributed by atoms with Crippen molar-refractivity contribution >= 4 is 11.8 Å². The first-order chi connectivity index (χ1) is 7.97. The molecule has 1 N–H and O–H groups in total. The Balaban J connectivity index is 3.98. The third-order valence-corrected chi connectivity index (χ3v) is 2.39. The van der Waals surface area contributed by atoms with E-state index in [9.17, 15) is 9.59 Å². The number of carbonyl (C=O) groups is 2. The third kappa shape index (κ3) is 8.68. The van der Waals surface area contributed by atoms with Gasteiger partial charge in [0.2, 0.25) is 11.8 Å². The monoisotopic (exact) mass is 243 g/mol. The summed E-state index contributed by atoms with van der Waals surface area (Å²) in [6, 6.07) is 0. The normalized spacial score (nSPS) is 10.4. The minimum absolute atomic E-state index is 0.0459. The molecule has 5 nitrogen and oxygen atoms in total. The van der Waals surface area contributed by atoms with Gasteiger partial charge in [0.15, 0.2) is 0 Å². The predicted molar refractivity (Wildman–Crippen MR) is 68.7 cm³/mol. The van der Waals surface area contributed by atoms with E-state index in [4.69, 9.17) is 0 Å². The number of hydrogen-bond donors (Lipinski definition) is 1. The van der Waals surface area contributed by atoms with Gasteiger partial charge < -0.3 is 15.1 Å². The Bertz CT molecular complexity index is 242. The van der Waals surface area contributed by atoms with Crippen molar-refractivity contribution in [3.63, 3.8) is 0 Å². The molecule has 0 heterocycles. The van der Waals surface area contributed by atoms with Gasteiger partial charge in [0.1, 0.15) is 0 Å². The zero-order valence-electron chi connectivity index (χ0n) is 11.5. The van der Waals surface area contributed by atoms with Gasteiger partial charge in [0.25, 0.3) is 0 Å². The second-order valence-electron chi connectivity index (χ2n) is 4.45. The van der Waals surface area contributed by atoms with Crippen molar-refractivity contribution in [3.8, 4) is 0 Å². The average Bonchev–Trinajstić information content (AvgIpc) is 2.24. The fourth-order valence-electron chi connectivity index (χ4n) is 1.42. The molecule has 0 atom stereocenters. The quantitative estimate of drug-likeness (QED) is 0.667. The van der Waals surface area contributed by atoms with Crippen molar-refractivity contribution in [2.24, 2.45) is 0 Å². The van der Waals surface area contributed by atoms with Crippen LogP contribution in [-0.2, 0) is 9.59 Å². The summed E-state index contributed by atoms with van der Waals surface area (Å²) in [6.45, 7) is 5.89. The number of carbonyl (C=O) groups excluding carboxylic acids is 2. The van der Waals surface area contributed by atoms with Gasteiger partial charge in [-0.2, -0.15) is 0 Å². The summed E-state index contributed by atoms with van der Waals surface area (Å²) in [5.74, 6) is -0.123. The molecule has 0 aliphatic carbocycles. The summed E-state index contributed by atoms with van der Waals surface area (Å²) < 4.78 is 0. The van der Waals surface area contributed by atoms with Gasteiger partial charge in [0.05, 0.1) is 6.54 Å². The SMILES string of the molecule is CCCNC(=O)CN(CCCN(C)C)C(C)=O. The fraction of sp³-hybridized carbons (Fsp3) is 0.833. The lowest BCUT2D eigenvalue weighted by Gasteiger charge is -2.21. The first kappa shape index (κ1) is 15.9. The van der Waals surface area contributed by atoms with Gasteiger partial charge in [-0.15, -0.1) is 0 Å². The van der Waals surface area contributed by atoms with E-state index in [1.165, 1.54) is 6.92 Å². The lowest BCUT2D eigenvalue weighted by molar-refractivity contribution is -0.134. The maximum Gasteiger partial charge on any atom is 0.239 e. The molecule has 0 fully saturated rings. The van der Waals surface area contributed by atoms with Gasteiger partial charge in [-0.25, -0.2) is 0 Å². The van der Waals surface area contributed by atoms with Crippen molar-refractivity contribution in [2.45, 2.75) is 26.7 Å². The molecule has 0 aromatic heterocycles. The Labute approximate surface area is 104 Å². The van der Waals surface area contributed by atoms with Crippen LogP contribution in [0.3, 0.4) is 0 Å². The molecule has 5 heteroatoms. The van der Waals surface area contributed by atoms with Crippen LogP contribution in [0.25, 0.3) is 0 Å². The molecule has 0 bridgehead atoms. The number of nitrogens with one attached hydrogen (secondary N) is 1. The van der Waals surface area contributed by atoms with Crippen LogP contribution in [0.2, 0.25) is 0 Å². The molecule has 0 aliphatic heterocycles. The Morgan fingerprint density at radius 3 is 2.29 bits per heavy atom. The fourth-order valence-corrected chi connectivity index (χ4v) is 1.42. The first-order valence-electron chi connectivity index (χ1n) is 6.14. The highest BCUT2D eigenvalue weighted by Crippen LogP contribution is 1.94. The zero-order valence-corrected chi connectivity index (χ0v) is 11.5. The summed E-state index contributed by atoms with van der Waals surface area (Å²) >= 11 is 0. The molecule has 0 unspecified atom stereocenters. The summed E-state index contributed by atoms with van der Waals surface area (Å²) in [5.41, 5.74) is 0. The molecule has 0 rings (SSSR count). The molecule has 2 amide bonds. The van der Waals surface area contributed by atoms with Gasteiger partial charge in [-0.3, -0.25) is 9.59 Å². The zero-order chi connectivity index (χ0) is 13.3. The number of amides is 2. The van der Waals surface area contributed by atoms with Crippen molar-refractivity contribution < 1.29 is 9.59 Å². The van der Waals surface area contributed by atoms with E-state index in [1.54, 1.807) is 4.90 Å². The predicted octanol–water partition coefficient (Wildman–Crippen LogP) is 0.313. The molecule has 0 aromatic carbocycles. The minimum Gasteiger partial charge on any atom is -0.355 e. The van der Waals surface area contributed by atoms with Crippen LogP contribution in [0.15, 0.2) is 0 Å². The smallest absolute Gasteiger partial charge is 0.239 e. The van der Waals surface area contributed by atoms with Crippen LogP contribution < -0.4 is 5.32 Å². The lowest BCUT2D eigenvalue weighted by Crippen LogP contribution is -2.41. The molecule has 100 valence electrons. The Morgan fingerprint density at radius 2 is 1.82 bits per heavy atom. The highest BCUT2D eigenvalue weighted by atomic mass is 16.2. The van der Waals surface area contributed by atoms with Crippen LogP contribution in [0.4, 0.5) is 0 Å². The largest absolute Gasteiger partial charge is 0.355 e. The maximum atomic E-state index is 11.5. The second-order valence-corrected chi connectivity index (χ2v) is 4.45. The van der Waals surface area contributed by atoms with Crippen molar-refractivity contribution in [2.75, 3.05) is 40.3 Å². The van der Waals surface area contributed by atoms with Crippen LogP contribution in [-0.4, -0.2) is 61.9 Å². The van der Waals surface area contributed by atoms with Gasteiger partial charge in [-0.05, 0) is 33.5 Å².